The zero-order chi connectivity index (χ0) is 12.5. The molecule has 0 unspecified atom stereocenters. The van der Waals surface area contributed by atoms with Gasteiger partial charge in [-0.05, 0) is 47.3 Å². The number of nitrogens with one attached hydrogen (secondary N) is 1. The lowest BCUT2D eigenvalue weighted by Crippen LogP contribution is -2.33. The molecule has 0 atom stereocenters. The summed E-state index contributed by atoms with van der Waals surface area (Å²) in [6, 6.07) is 1.71. The molecule has 2 heterocycles. The van der Waals surface area contributed by atoms with Gasteiger partial charge >= 0.3 is 10.2 Å². The first-order valence-corrected chi connectivity index (χ1v) is 7.62. The third kappa shape index (κ3) is 2.97. The summed E-state index contributed by atoms with van der Waals surface area (Å²) in [5.74, 6) is 0.359. The van der Waals surface area contributed by atoms with E-state index >= 15 is 0 Å². The van der Waals surface area contributed by atoms with Crippen molar-refractivity contribution in [2.24, 2.45) is 0 Å². The van der Waals surface area contributed by atoms with Gasteiger partial charge in [0.2, 0.25) is 0 Å². The lowest BCUT2D eigenvalue weighted by molar-refractivity contribution is 0.482. The minimum atomic E-state index is -3.44. The summed E-state index contributed by atoms with van der Waals surface area (Å²) in [5.41, 5.74) is 0.944. The molecule has 1 saturated heterocycles. The fourth-order valence-corrected chi connectivity index (χ4v) is 3.18. The fourth-order valence-electron chi connectivity index (χ4n) is 1.72. The highest BCUT2D eigenvalue weighted by atomic mass is 79.9. The molecule has 1 fully saturated rings. The van der Waals surface area contributed by atoms with Gasteiger partial charge in [-0.25, -0.2) is 4.98 Å². The van der Waals surface area contributed by atoms with E-state index in [0.29, 0.717) is 18.9 Å². The van der Waals surface area contributed by atoms with Crippen LogP contribution < -0.4 is 4.72 Å². The van der Waals surface area contributed by atoms with Crippen LogP contribution in [0.4, 0.5) is 5.82 Å². The predicted molar refractivity (Wildman–Crippen MR) is 70.0 cm³/mol. The van der Waals surface area contributed by atoms with Crippen LogP contribution in [0.25, 0.3) is 0 Å². The summed E-state index contributed by atoms with van der Waals surface area (Å²) >= 11 is 3.33. The van der Waals surface area contributed by atoms with Crippen LogP contribution in [0.2, 0.25) is 0 Å². The molecule has 0 aromatic carbocycles. The monoisotopic (exact) mass is 319 g/mol. The summed E-state index contributed by atoms with van der Waals surface area (Å²) < 4.78 is 28.7. The molecule has 1 aromatic rings. The van der Waals surface area contributed by atoms with Gasteiger partial charge in [-0.3, -0.25) is 4.72 Å². The van der Waals surface area contributed by atoms with Crippen molar-refractivity contribution in [1.29, 1.82) is 0 Å². The Hall–Kier alpha value is -0.660. The maximum Gasteiger partial charge on any atom is 0.302 e. The number of hydrogen-bond donors (Lipinski definition) is 1. The van der Waals surface area contributed by atoms with Crippen LogP contribution in [-0.2, 0) is 10.2 Å². The number of rotatable bonds is 3. The fraction of sp³-hybridized carbons (Fsp3) is 0.500. The standard InChI is InChI=1S/C10H14BrN3O2S/c1-8-6-10(12-7-9(8)11)13-17(15,16)14-4-2-3-5-14/h6-7H,2-5H2,1H3,(H,12,13). The molecular weight excluding hydrogens is 306 g/mol. The van der Waals surface area contributed by atoms with E-state index < -0.39 is 10.2 Å². The van der Waals surface area contributed by atoms with Crippen molar-refractivity contribution in [3.63, 3.8) is 0 Å². The topological polar surface area (TPSA) is 62.3 Å². The highest BCUT2D eigenvalue weighted by molar-refractivity contribution is 9.10. The van der Waals surface area contributed by atoms with Crippen LogP contribution in [0, 0.1) is 6.92 Å². The van der Waals surface area contributed by atoms with Gasteiger partial charge in [0, 0.05) is 23.8 Å². The van der Waals surface area contributed by atoms with Crippen LogP contribution in [-0.4, -0.2) is 30.8 Å². The number of anilines is 1. The smallest absolute Gasteiger partial charge is 0.254 e. The third-order valence-electron chi connectivity index (χ3n) is 2.69. The van der Waals surface area contributed by atoms with Gasteiger partial charge < -0.3 is 0 Å². The number of aryl methyl sites for hydroxylation is 1. The molecule has 17 heavy (non-hydrogen) atoms. The second-order valence-corrected chi connectivity index (χ2v) is 6.56. The molecule has 94 valence electrons. The maximum absolute atomic E-state index is 12.0. The van der Waals surface area contributed by atoms with Gasteiger partial charge in [0.25, 0.3) is 0 Å². The van der Waals surface area contributed by atoms with E-state index in [0.717, 1.165) is 22.9 Å². The Balaban J connectivity index is 2.17. The average molecular weight is 320 g/mol. The minimum absolute atomic E-state index is 0.359. The SMILES string of the molecule is Cc1cc(NS(=O)(=O)N2CCCC2)ncc1Br. The van der Waals surface area contributed by atoms with Crippen molar-refractivity contribution in [2.75, 3.05) is 17.8 Å². The molecule has 0 spiro atoms. The lowest BCUT2D eigenvalue weighted by atomic mass is 10.3. The van der Waals surface area contributed by atoms with E-state index in [2.05, 4.69) is 25.6 Å². The average Bonchev–Trinajstić information content (AvgIpc) is 2.77. The van der Waals surface area contributed by atoms with Crippen LogP contribution in [0.15, 0.2) is 16.7 Å². The Kier molecular flexibility index (Phi) is 3.70. The molecule has 1 aliphatic rings. The molecule has 1 aromatic heterocycles. The van der Waals surface area contributed by atoms with Crippen LogP contribution in [0.5, 0.6) is 0 Å². The first kappa shape index (κ1) is 12.8. The van der Waals surface area contributed by atoms with E-state index in [4.69, 9.17) is 0 Å². The van der Waals surface area contributed by atoms with Crippen LogP contribution >= 0.6 is 15.9 Å². The lowest BCUT2D eigenvalue weighted by Gasteiger charge is -2.16. The van der Waals surface area contributed by atoms with Crippen LogP contribution in [0.3, 0.4) is 0 Å². The number of halogens is 1. The van der Waals surface area contributed by atoms with Gasteiger partial charge in [0.15, 0.2) is 0 Å². The Morgan fingerprint density at radius 3 is 2.65 bits per heavy atom. The zero-order valence-electron chi connectivity index (χ0n) is 9.48. The molecule has 0 bridgehead atoms. The molecule has 5 nitrogen and oxygen atoms in total. The molecule has 0 aliphatic carbocycles. The third-order valence-corrected chi connectivity index (χ3v) is 5.03. The zero-order valence-corrected chi connectivity index (χ0v) is 11.9. The second kappa shape index (κ2) is 4.91. The van der Waals surface area contributed by atoms with Crippen LogP contribution in [0.1, 0.15) is 18.4 Å². The molecule has 1 N–H and O–H groups in total. The summed E-state index contributed by atoms with van der Waals surface area (Å²) in [5, 5.41) is 0. The summed E-state index contributed by atoms with van der Waals surface area (Å²) in [7, 11) is -3.44. The Morgan fingerprint density at radius 2 is 2.06 bits per heavy atom. The number of hydrogen-bond acceptors (Lipinski definition) is 3. The van der Waals surface area contributed by atoms with Crippen molar-refractivity contribution in [2.45, 2.75) is 19.8 Å². The number of aromatic nitrogens is 1. The summed E-state index contributed by atoms with van der Waals surface area (Å²) in [6.07, 6.45) is 3.44. The maximum atomic E-state index is 12.0. The van der Waals surface area contributed by atoms with E-state index in [9.17, 15) is 8.42 Å². The molecule has 0 radical (unpaired) electrons. The number of nitrogens with zero attached hydrogens (tertiary/aromatic N) is 2. The molecule has 2 rings (SSSR count). The number of pyridine rings is 1. The van der Waals surface area contributed by atoms with Crippen molar-refractivity contribution in [3.05, 3.63) is 22.3 Å². The van der Waals surface area contributed by atoms with E-state index in [-0.39, 0.29) is 0 Å². The van der Waals surface area contributed by atoms with Gasteiger partial charge in [0.1, 0.15) is 5.82 Å². The summed E-state index contributed by atoms with van der Waals surface area (Å²) in [6.45, 7) is 3.06. The van der Waals surface area contributed by atoms with E-state index in [1.165, 1.54) is 4.31 Å². The Morgan fingerprint density at radius 1 is 1.41 bits per heavy atom. The van der Waals surface area contributed by atoms with Crippen molar-refractivity contribution in [1.82, 2.24) is 9.29 Å². The van der Waals surface area contributed by atoms with E-state index in [1.807, 2.05) is 6.92 Å². The van der Waals surface area contributed by atoms with Gasteiger partial charge in [-0.1, -0.05) is 0 Å². The molecule has 0 saturated carbocycles. The van der Waals surface area contributed by atoms with Gasteiger partial charge in [-0.2, -0.15) is 12.7 Å². The van der Waals surface area contributed by atoms with Crippen molar-refractivity contribution in [3.8, 4) is 0 Å². The summed E-state index contributed by atoms with van der Waals surface area (Å²) in [4.78, 5) is 4.03. The van der Waals surface area contributed by atoms with Gasteiger partial charge in [-0.15, -0.1) is 0 Å². The Labute approximate surface area is 110 Å². The van der Waals surface area contributed by atoms with E-state index in [1.54, 1.807) is 12.3 Å². The molecule has 1 aliphatic heterocycles. The first-order chi connectivity index (χ1) is 7.99. The van der Waals surface area contributed by atoms with Gasteiger partial charge in [0.05, 0.1) is 0 Å². The highest BCUT2D eigenvalue weighted by Crippen LogP contribution is 2.19. The van der Waals surface area contributed by atoms with Crippen molar-refractivity contribution >= 4 is 32.0 Å². The second-order valence-electron chi connectivity index (χ2n) is 4.03. The van der Waals surface area contributed by atoms with Crippen molar-refractivity contribution < 1.29 is 8.42 Å². The highest BCUT2D eigenvalue weighted by Gasteiger charge is 2.25. The Bertz CT molecular complexity index is 512. The predicted octanol–water partition coefficient (Wildman–Crippen LogP) is 1.91. The molecular formula is C10H14BrN3O2S. The molecule has 7 heteroatoms. The molecule has 0 amide bonds. The first-order valence-electron chi connectivity index (χ1n) is 5.39. The quantitative estimate of drug-likeness (QED) is 0.925. The largest absolute Gasteiger partial charge is 0.302 e. The minimum Gasteiger partial charge on any atom is -0.254 e. The normalized spacial score (nSPS) is 17.3.